The molecule has 0 fully saturated rings. The van der Waals surface area contributed by atoms with Crippen LogP contribution in [0.2, 0.25) is 0 Å². The van der Waals surface area contributed by atoms with Gasteiger partial charge >= 0.3 is 55.1 Å². The van der Waals surface area contributed by atoms with Gasteiger partial charge in [-0.1, -0.05) is 0 Å². The molecule has 0 aromatic rings. The van der Waals surface area contributed by atoms with E-state index in [1.807, 2.05) is 20.0 Å². The normalized spacial score (nSPS) is 17.4. The molecular formula is C5H14ClOP. The Morgan fingerprint density at radius 1 is 1.38 bits per heavy atom. The molecule has 0 heterocycles. The van der Waals surface area contributed by atoms with Crippen LogP contribution >= 0.6 is 17.2 Å². The average molecular weight is 157 g/mol. The van der Waals surface area contributed by atoms with E-state index >= 15 is 0 Å². The summed E-state index contributed by atoms with van der Waals surface area (Å²) >= 11 is 6.06. The van der Waals surface area contributed by atoms with Crippen LogP contribution in [0.15, 0.2) is 0 Å². The summed E-state index contributed by atoms with van der Waals surface area (Å²) in [6.45, 7) is 6.31. The maximum atomic E-state index is 8.52. The molecule has 0 aromatic carbocycles. The molecule has 1 nitrogen and oxygen atoms in total. The molecule has 0 aliphatic heterocycles. The van der Waals surface area contributed by atoms with E-state index < -0.39 is 5.96 Å². The van der Waals surface area contributed by atoms with Gasteiger partial charge in [0.1, 0.15) is 0 Å². The first-order valence-electron chi connectivity index (χ1n) is 2.64. The molecule has 0 radical (unpaired) electrons. The molecule has 0 aliphatic rings. The molecular weight excluding hydrogens is 142 g/mol. The van der Waals surface area contributed by atoms with Crippen LogP contribution in [0.1, 0.15) is 0 Å². The van der Waals surface area contributed by atoms with Gasteiger partial charge in [-0.2, -0.15) is 0 Å². The molecule has 0 bridgehead atoms. The van der Waals surface area contributed by atoms with Gasteiger partial charge in [-0.3, -0.25) is 0 Å². The van der Waals surface area contributed by atoms with E-state index in [-0.39, 0.29) is 6.61 Å². The average Bonchev–Trinajstić information content (AvgIpc) is 1.25. The van der Waals surface area contributed by atoms with Crippen molar-refractivity contribution < 1.29 is 5.11 Å². The number of aliphatic hydroxyl groups excluding tert-OH is 1. The molecule has 0 unspecified atom stereocenters. The third kappa shape index (κ3) is 6.68. The van der Waals surface area contributed by atoms with Crippen LogP contribution in [0.5, 0.6) is 0 Å². The van der Waals surface area contributed by atoms with Gasteiger partial charge in [-0.25, -0.2) is 0 Å². The van der Waals surface area contributed by atoms with Gasteiger partial charge in [0.2, 0.25) is 0 Å². The molecule has 1 N–H and O–H groups in total. The van der Waals surface area contributed by atoms with Crippen LogP contribution in [0, 0.1) is 0 Å². The summed E-state index contributed by atoms with van der Waals surface area (Å²) in [6.07, 6.45) is 0.757. The van der Waals surface area contributed by atoms with Gasteiger partial charge in [-0.05, 0) is 0 Å². The van der Waals surface area contributed by atoms with Crippen LogP contribution in [-0.2, 0) is 0 Å². The summed E-state index contributed by atoms with van der Waals surface area (Å²) in [6, 6.07) is 0. The van der Waals surface area contributed by atoms with E-state index in [4.69, 9.17) is 16.3 Å². The molecule has 0 saturated heterocycles. The fraction of sp³-hybridized carbons (Fsp3) is 1.00. The van der Waals surface area contributed by atoms with Gasteiger partial charge in [0.15, 0.2) is 0 Å². The topological polar surface area (TPSA) is 20.2 Å². The van der Waals surface area contributed by atoms with Crippen molar-refractivity contribution >= 4 is 17.2 Å². The molecule has 8 heavy (non-hydrogen) atoms. The standard InChI is InChI=1S/C5H14ClOP/c1-8(2,3,6)5-4-7/h7H,4-5H2,1-3H3. The van der Waals surface area contributed by atoms with Gasteiger partial charge in [0.05, 0.1) is 0 Å². The summed E-state index contributed by atoms with van der Waals surface area (Å²) in [7, 11) is 0. The summed E-state index contributed by atoms with van der Waals surface area (Å²) in [5.41, 5.74) is 0. The molecule has 0 atom stereocenters. The summed E-state index contributed by atoms with van der Waals surface area (Å²) < 4.78 is 0. The van der Waals surface area contributed by atoms with Gasteiger partial charge < -0.3 is 0 Å². The Kier molecular flexibility index (Phi) is 2.31. The Hall–Kier alpha value is 0.680. The van der Waals surface area contributed by atoms with E-state index in [2.05, 4.69) is 0 Å². The van der Waals surface area contributed by atoms with Crippen LogP contribution in [0.25, 0.3) is 0 Å². The van der Waals surface area contributed by atoms with E-state index in [1.54, 1.807) is 0 Å². The maximum absolute atomic E-state index is 8.52. The second-order valence-corrected chi connectivity index (χ2v) is 13.4. The minimum absolute atomic E-state index is 0.213. The zero-order chi connectivity index (χ0) is 6.86. The van der Waals surface area contributed by atoms with E-state index in [1.165, 1.54) is 0 Å². The van der Waals surface area contributed by atoms with Gasteiger partial charge in [0, 0.05) is 0 Å². The van der Waals surface area contributed by atoms with Crippen molar-refractivity contribution in [1.82, 2.24) is 0 Å². The van der Waals surface area contributed by atoms with E-state index in [0.717, 1.165) is 6.16 Å². The minimum atomic E-state index is -1.88. The van der Waals surface area contributed by atoms with Crippen molar-refractivity contribution in [3.05, 3.63) is 0 Å². The summed E-state index contributed by atoms with van der Waals surface area (Å²) in [5.74, 6) is -1.88. The molecule has 0 aromatic heterocycles. The first kappa shape index (κ1) is 8.68. The van der Waals surface area contributed by atoms with E-state index in [0.29, 0.717) is 0 Å². The van der Waals surface area contributed by atoms with Crippen molar-refractivity contribution in [2.75, 3.05) is 32.8 Å². The molecule has 0 aliphatic carbocycles. The summed E-state index contributed by atoms with van der Waals surface area (Å²) in [5, 5.41) is 8.52. The third-order valence-corrected chi connectivity index (χ3v) is 3.07. The molecule has 0 spiro atoms. The summed E-state index contributed by atoms with van der Waals surface area (Å²) in [4.78, 5) is 0. The van der Waals surface area contributed by atoms with Gasteiger partial charge in [-0.15, -0.1) is 0 Å². The Balaban J connectivity index is 3.73. The first-order chi connectivity index (χ1) is 3.31. The molecule has 0 saturated carbocycles. The second-order valence-electron chi connectivity index (χ2n) is 3.36. The fourth-order valence-corrected chi connectivity index (χ4v) is 1.24. The predicted octanol–water partition coefficient (Wildman–Crippen LogP) is 1.58. The van der Waals surface area contributed by atoms with Gasteiger partial charge in [0.25, 0.3) is 0 Å². The molecule has 3 heteroatoms. The number of aliphatic hydroxyl groups is 1. The number of hydrogen-bond acceptors (Lipinski definition) is 1. The number of halogens is 1. The predicted molar refractivity (Wildman–Crippen MR) is 42.5 cm³/mol. The Labute approximate surface area is 55.8 Å². The monoisotopic (exact) mass is 156 g/mol. The molecule has 52 valence electrons. The van der Waals surface area contributed by atoms with Crippen molar-refractivity contribution in [3.63, 3.8) is 0 Å². The zero-order valence-electron chi connectivity index (χ0n) is 5.69. The van der Waals surface area contributed by atoms with Crippen LogP contribution in [0.3, 0.4) is 0 Å². The van der Waals surface area contributed by atoms with Crippen molar-refractivity contribution in [3.8, 4) is 0 Å². The van der Waals surface area contributed by atoms with Crippen molar-refractivity contribution in [1.29, 1.82) is 0 Å². The van der Waals surface area contributed by atoms with Crippen molar-refractivity contribution in [2.45, 2.75) is 0 Å². The zero-order valence-corrected chi connectivity index (χ0v) is 7.34. The van der Waals surface area contributed by atoms with Crippen molar-refractivity contribution in [2.24, 2.45) is 0 Å². The number of hydrogen-bond donors (Lipinski definition) is 1. The van der Waals surface area contributed by atoms with E-state index in [9.17, 15) is 0 Å². The quantitative estimate of drug-likeness (QED) is 0.602. The second kappa shape index (κ2) is 2.13. The van der Waals surface area contributed by atoms with Crippen LogP contribution in [-0.4, -0.2) is 37.9 Å². The Morgan fingerprint density at radius 3 is 1.75 bits per heavy atom. The SMILES string of the molecule is CP(C)(C)(Cl)CCO. The molecule has 0 rings (SSSR count). The number of rotatable bonds is 2. The van der Waals surface area contributed by atoms with Crippen LogP contribution in [0.4, 0.5) is 0 Å². The first-order valence-corrected chi connectivity index (χ1v) is 7.31. The van der Waals surface area contributed by atoms with Crippen LogP contribution < -0.4 is 0 Å². The third-order valence-electron chi connectivity index (χ3n) is 0.855. The Bertz CT molecular complexity index is 74.9. The Morgan fingerprint density at radius 2 is 1.75 bits per heavy atom. The molecule has 0 amide bonds. The fourth-order valence-electron chi connectivity index (χ4n) is 0.338.